The number of hydrogen-bond acceptors (Lipinski definition) is 8. The zero-order chi connectivity index (χ0) is 16.2. The lowest BCUT2D eigenvalue weighted by atomic mass is 9.98. The van der Waals surface area contributed by atoms with Crippen LogP contribution < -0.4 is 5.73 Å². The molecule has 0 bridgehead atoms. The summed E-state index contributed by atoms with van der Waals surface area (Å²) in [6, 6.07) is 0. The topological polar surface area (TPSA) is 149 Å². The Hall–Kier alpha value is -2.26. The van der Waals surface area contributed by atoms with Gasteiger partial charge in [0, 0.05) is 17.3 Å². The van der Waals surface area contributed by atoms with Crippen molar-refractivity contribution in [2.75, 3.05) is 12.3 Å². The summed E-state index contributed by atoms with van der Waals surface area (Å²) < 4.78 is 4.66. The number of ether oxygens (including phenoxy) is 1. The third-order valence-electron chi connectivity index (χ3n) is 2.92. The fraction of sp³-hybridized carbons (Fsp3) is 0.500. The Balaban J connectivity index is 3.02. The molecule has 21 heavy (non-hydrogen) atoms. The lowest BCUT2D eigenvalue weighted by molar-refractivity contribution is -0.384. The maximum atomic E-state index is 11.3. The average Bonchev–Trinajstić information content (AvgIpc) is 2.37. The highest BCUT2D eigenvalue weighted by Crippen LogP contribution is 2.31. The van der Waals surface area contributed by atoms with E-state index >= 15 is 0 Å². The third kappa shape index (κ3) is 3.86. The van der Waals surface area contributed by atoms with Crippen molar-refractivity contribution in [1.82, 2.24) is 4.98 Å². The van der Waals surface area contributed by atoms with Gasteiger partial charge in [-0.3, -0.25) is 14.9 Å². The second kappa shape index (κ2) is 6.95. The number of hydrogen-bond donors (Lipinski definition) is 3. The molecule has 0 aromatic carbocycles. The van der Waals surface area contributed by atoms with Crippen LogP contribution in [-0.2, 0) is 9.53 Å². The summed E-state index contributed by atoms with van der Waals surface area (Å²) in [6.45, 7) is 3.14. The molecule has 1 aromatic heterocycles. The van der Waals surface area contributed by atoms with Crippen LogP contribution in [0.4, 0.5) is 11.5 Å². The van der Waals surface area contributed by atoms with Gasteiger partial charge in [-0.25, -0.2) is 4.98 Å². The van der Waals surface area contributed by atoms with Crippen LogP contribution in [0.3, 0.4) is 0 Å². The Morgan fingerprint density at radius 2 is 2.19 bits per heavy atom. The first-order chi connectivity index (χ1) is 9.79. The van der Waals surface area contributed by atoms with E-state index in [-0.39, 0.29) is 23.6 Å². The lowest BCUT2D eigenvalue weighted by Gasteiger charge is -2.19. The fourth-order valence-electron chi connectivity index (χ4n) is 1.86. The van der Waals surface area contributed by atoms with E-state index in [0.29, 0.717) is 0 Å². The number of pyridine rings is 1. The second-order valence-electron chi connectivity index (χ2n) is 4.35. The first kappa shape index (κ1) is 16.8. The van der Waals surface area contributed by atoms with Crippen LogP contribution in [0.1, 0.15) is 30.6 Å². The smallest absolute Gasteiger partial charge is 0.314 e. The molecular weight excluding hydrogens is 282 g/mol. The molecule has 0 aliphatic rings. The van der Waals surface area contributed by atoms with Gasteiger partial charge in [0.1, 0.15) is 6.10 Å². The highest BCUT2D eigenvalue weighted by atomic mass is 16.6. The molecule has 9 nitrogen and oxygen atoms in total. The molecular formula is C12H17N3O6. The van der Waals surface area contributed by atoms with E-state index in [4.69, 9.17) is 5.73 Å². The quantitative estimate of drug-likeness (QED) is 0.384. The molecule has 1 aromatic rings. The Kier molecular flexibility index (Phi) is 5.56. The van der Waals surface area contributed by atoms with Gasteiger partial charge in [0.2, 0.25) is 5.82 Å². The molecule has 2 atom stereocenters. The van der Waals surface area contributed by atoms with E-state index in [0.717, 1.165) is 6.20 Å². The number of rotatable bonds is 6. The van der Waals surface area contributed by atoms with Crippen molar-refractivity contribution in [2.24, 2.45) is 0 Å². The van der Waals surface area contributed by atoms with E-state index in [1.807, 2.05) is 0 Å². The summed E-state index contributed by atoms with van der Waals surface area (Å²) in [5.41, 5.74) is 5.10. The van der Waals surface area contributed by atoms with E-state index in [1.165, 1.54) is 6.92 Å². The van der Waals surface area contributed by atoms with Crippen molar-refractivity contribution in [2.45, 2.75) is 32.5 Å². The van der Waals surface area contributed by atoms with Crippen LogP contribution in [0, 0.1) is 17.0 Å². The Labute approximate surface area is 120 Å². The number of carbonyl (C=O) groups excluding carboxylic acids is 1. The summed E-state index contributed by atoms with van der Waals surface area (Å²) >= 11 is 0. The normalized spacial score (nSPS) is 13.5. The summed E-state index contributed by atoms with van der Waals surface area (Å²) in [4.78, 5) is 25.1. The molecule has 1 heterocycles. The van der Waals surface area contributed by atoms with Crippen molar-refractivity contribution in [3.8, 4) is 0 Å². The molecule has 116 valence electrons. The number of anilines is 1. The summed E-state index contributed by atoms with van der Waals surface area (Å²) in [5, 5.41) is 30.8. The largest absolute Gasteiger partial charge is 0.466 e. The lowest BCUT2D eigenvalue weighted by Crippen LogP contribution is -2.24. The summed E-state index contributed by atoms with van der Waals surface area (Å²) in [6.07, 6.45) is -2.28. The van der Waals surface area contributed by atoms with Crippen molar-refractivity contribution in [3.63, 3.8) is 0 Å². The Morgan fingerprint density at radius 1 is 1.57 bits per heavy atom. The van der Waals surface area contributed by atoms with E-state index in [9.17, 15) is 25.1 Å². The maximum absolute atomic E-state index is 11.3. The third-order valence-corrected chi connectivity index (χ3v) is 2.92. The van der Waals surface area contributed by atoms with Crippen molar-refractivity contribution in [3.05, 3.63) is 27.4 Å². The number of carbonyl (C=O) groups is 1. The minimum absolute atomic E-state index is 0.0349. The van der Waals surface area contributed by atoms with Gasteiger partial charge >= 0.3 is 11.7 Å². The Bertz CT molecular complexity index is 548. The van der Waals surface area contributed by atoms with Crippen molar-refractivity contribution in [1.29, 1.82) is 0 Å². The van der Waals surface area contributed by atoms with Gasteiger partial charge in [-0.05, 0) is 13.8 Å². The van der Waals surface area contributed by atoms with Crippen molar-refractivity contribution >= 4 is 17.5 Å². The van der Waals surface area contributed by atoms with Crippen LogP contribution in [0.5, 0.6) is 0 Å². The maximum Gasteiger partial charge on any atom is 0.314 e. The molecule has 0 radical (unpaired) electrons. The molecule has 9 heteroatoms. The van der Waals surface area contributed by atoms with Crippen LogP contribution in [0.15, 0.2) is 6.20 Å². The second-order valence-corrected chi connectivity index (χ2v) is 4.35. The van der Waals surface area contributed by atoms with Gasteiger partial charge in [0.05, 0.1) is 24.1 Å². The standard InChI is InChI=1S/C12H17N3O6/c1-3-21-9(17)4-8(16)11(18)7-5-14-12(13)10(6(7)2)15(19)20/h5,8,11,16,18H,3-4H2,1-2H3,(H2,13,14). The SMILES string of the molecule is CCOC(=O)CC(O)C(O)c1cnc(N)c([N+](=O)[O-])c1C. The number of esters is 1. The number of nitro groups is 1. The van der Waals surface area contributed by atoms with Crippen molar-refractivity contribution < 1.29 is 24.7 Å². The highest BCUT2D eigenvalue weighted by molar-refractivity contribution is 5.70. The number of nitrogens with two attached hydrogens (primary N) is 1. The monoisotopic (exact) mass is 299 g/mol. The molecule has 4 N–H and O–H groups in total. The number of aliphatic hydroxyl groups excluding tert-OH is 2. The predicted molar refractivity (Wildman–Crippen MR) is 72.3 cm³/mol. The first-order valence-electron chi connectivity index (χ1n) is 6.20. The van der Waals surface area contributed by atoms with Crippen LogP contribution >= 0.6 is 0 Å². The number of aromatic nitrogens is 1. The van der Waals surface area contributed by atoms with Gasteiger partial charge in [-0.2, -0.15) is 0 Å². The molecule has 1 rings (SSSR count). The molecule has 0 amide bonds. The molecule has 0 fully saturated rings. The van der Waals surface area contributed by atoms with Gasteiger partial charge < -0.3 is 20.7 Å². The van der Waals surface area contributed by atoms with Crippen LogP contribution in [0.25, 0.3) is 0 Å². The van der Waals surface area contributed by atoms with E-state index in [1.54, 1.807) is 6.92 Å². The molecule has 0 aliphatic carbocycles. The number of nitrogen functional groups attached to an aromatic ring is 1. The fourth-order valence-corrected chi connectivity index (χ4v) is 1.86. The highest BCUT2D eigenvalue weighted by Gasteiger charge is 2.28. The zero-order valence-corrected chi connectivity index (χ0v) is 11.6. The first-order valence-corrected chi connectivity index (χ1v) is 6.20. The van der Waals surface area contributed by atoms with E-state index < -0.39 is 35.2 Å². The van der Waals surface area contributed by atoms with Gasteiger partial charge in [-0.1, -0.05) is 0 Å². The molecule has 0 saturated heterocycles. The molecule has 0 saturated carbocycles. The average molecular weight is 299 g/mol. The summed E-state index contributed by atoms with van der Waals surface area (Å²) in [5.74, 6) is -0.965. The minimum atomic E-state index is -1.51. The number of nitrogens with zero attached hydrogens (tertiary/aromatic N) is 2. The molecule has 0 spiro atoms. The summed E-state index contributed by atoms with van der Waals surface area (Å²) in [7, 11) is 0. The van der Waals surface area contributed by atoms with Gasteiger partial charge in [0.15, 0.2) is 0 Å². The number of aliphatic hydroxyl groups is 2. The van der Waals surface area contributed by atoms with Crippen LogP contribution in [0.2, 0.25) is 0 Å². The van der Waals surface area contributed by atoms with Gasteiger partial charge in [0.25, 0.3) is 0 Å². The minimum Gasteiger partial charge on any atom is -0.466 e. The molecule has 2 unspecified atom stereocenters. The Morgan fingerprint density at radius 3 is 2.71 bits per heavy atom. The molecule has 0 aliphatic heterocycles. The van der Waals surface area contributed by atoms with E-state index in [2.05, 4.69) is 9.72 Å². The van der Waals surface area contributed by atoms with Crippen LogP contribution in [-0.4, -0.2) is 38.8 Å². The zero-order valence-electron chi connectivity index (χ0n) is 11.6. The van der Waals surface area contributed by atoms with Gasteiger partial charge in [-0.15, -0.1) is 0 Å². The predicted octanol–water partition coefficient (Wildman–Crippen LogP) is 0.228.